The number of ether oxygens (including phenoxy) is 1. The third-order valence-electron chi connectivity index (χ3n) is 2.37. The maximum atomic E-state index is 9.73. The molecule has 0 heterocycles. The molecule has 2 N–H and O–H groups in total. The minimum absolute atomic E-state index is 0.208. The Labute approximate surface area is 124 Å². The fourth-order valence-electron chi connectivity index (χ4n) is 1.34. The number of rotatable bonds is 7. The van der Waals surface area contributed by atoms with Crippen LogP contribution in [-0.2, 0) is 0 Å². The minimum Gasteiger partial charge on any atom is -0.491 e. The van der Waals surface area contributed by atoms with Crippen LogP contribution in [0.1, 0.15) is 13.8 Å². The van der Waals surface area contributed by atoms with E-state index in [9.17, 15) is 5.11 Å². The van der Waals surface area contributed by atoms with Crippen LogP contribution in [0.15, 0.2) is 29.8 Å². The van der Waals surface area contributed by atoms with Gasteiger partial charge in [0.05, 0.1) is 10.0 Å². The number of aliphatic hydroxyl groups is 1. The predicted molar refractivity (Wildman–Crippen MR) is 80.3 cm³/mol. The van der Waals surface area contributed by atoms with Gasteiger partial charge >= 0.3 is 0 Å². The summed E-state index contributed by atoms with van der Waals surface area (Å²) in [7, 11) is 0. The molecule has 5 heteroatoms. The number of hydrogen-bond acceptors (Lipinski definition) is 3. The van der Waals surface area contributed by atoms with Crippen molar-refractivity contribution in [2.24, 2.45) is 0 Å². The van der Waals surface area contributed by atoms with E-state index >= 15 is 0 Å². The lowest BCUT2D eigenvalue weighted by Gasteiger charge is -2.13. The van der Waals surface area contributed by atoms with E-state index in [1.54, 1.807) is 18.2 Å². The Bertz CT molecular complexity index is 431. The highest BCUT2D eigenvalue weighted by atomic mass is 35.5. The van der Waals surface area contributed by atoms with E-state index in [1.165, 1.54) is 5.57 Å². The van der Waals surface area contributed by atoms with Gasteiger partial charge in [-0.05, 0) is 26.0 Å². The SMILES string of the molecule is CC(C)=CCNCC(O)COc1ccc(Cl)c(Cl)c1. The van der Waals surface area contributed by atoms with Gasteiger partial charge in [-0.15, -0.1) is 0 Å². The molecule has 0 aliphatic carbocycles. The van der Waals surface area contributed by atoms with Crippen LogP contribution < -0.4 is 10.1 Å². The molecule has 0 spiro atoms. The fourth-order valence-corrected chi connectivity index (χ4v) is 1.63. The summed E-state index contributed by atoms with van der Waals surface area (Å²) in [5, 5.41) is 13.8. The van der Waals surface area contributed by atoms with Gasteiger partial charge in [-0.1, -0.05) is 34.9 Å². The van der Waals surface area contributed by atoms with Gasteiger partial charge in [0, 0.05) is 19.2 Å². The normalized spacial score (nSPS) is 12.1. The molecule has 0 saturated heterocycles. The van der Waals surface area contributed by atoms with Crippen molar-refractivity contribution in [1.82, 2.24) is 5.32 Å². The Kier molecular flexibility index (Phi) is 7.24. The first-order valence-corrected chi connectivity index (χ1v) is 6.84. The molecule has 0 radical (unpaired) electrons. The molecule has 0 bridgehead atoms. The smallest absolute Gasteiger partial charge is 0.121 e. The van der Waals surface area contributed by atoms with Crippen LogP contribution in [0.25, 0.3) is 0 Å². The van der Waals surface area contributed by atoms with Gasteiger partial charge in [-0.2, -0.15) is 0 Å². The van der Waals surface area contributed by atoms with E-state index in [1.807, 2.05) is 13.8 Å². The zero-order valence-electron chi connectivity index (χ0n) is 11.1. The lowest BCUT2D eigenvalue weighted by molar-refractivity contribution is 0.107. The van der Waals surface area contributed by atoms with Crippen LogP contribution in [0.5, 0.6) is 5.75 Å². The molecule has 106 valence electrons. The molecular weight excluding hydrogens is 285 g/mol. The van der Waals surface area contributed by atoms with Crippen molar-refractivity contribution < 1.29 is 9.84 Å². The number of benzene rings is 1. The second kappa shape index (κ2) is 8.43. The molecule has 0 saturated carbocycles. The van der Waals surface area contributed by atoms with E-state index < -0.39 is 6.10 Å². The van der Waals surface area contributed by atoms with Crippen molar-refractivity contribution in [1.29, 1.82) is 0 Å². The third-order valence-corrected chi connectivity index (χ3v) is 3.11. The van der Waals surface area contributed by atoms with E-state index in [2.05, 4.69) is 11.4 Å². The highest BCUT2D eigenvalue weighted by molar-refractivity contribution is 6.42. The van der Waals surface area contributed by atoms with Crippen LogP contribution in [0.3, 0.4) is 0 Å². The van der Waals surface area contributed by atoms with Gasteiger partial charge in [-0.25, -0.2) is 0 Å². The maximum absolute atomic E-state index is 9.73. The minimum atomic E-state index is -0.569. The first-order valence-electron chi connectivity index (χ1n) is 6.09. The quantitative estimate of drug-likeness (QED) is 0.600. The van der Waals surface area contributed by atoms with Crippen molar-refractivity contribution in [3.63, 3.8) is 0 Å². The summed E-state index contributed by atoms with van der Waals surface area (Å²) in [6.45, 7) is 5.49. The summed E-state index contributed by atoms with van der Waals surface area (Å²) in [4.78, 5) is 0. The van der Waals surface area contributed by atoms with Crippen molar-refractivity contribution in [3.05, 3.63) is 39.9 Å². The molecule has 0 aliphatic heterocycles. The second-order valence-electron chi connectivity index (χ2n) is 4.48. The summed E-state index contributed by atoms with van der Waals surface area (Å²) in [6.07, 6.45) is 1.49. The Morgan fingerprint density at radius 1 is 1.37 bits per heavy atom. The van der Waals surface area contributed by atoms with Crippen LogP contribution in [0, 0.1) is 0 Å². The molecular formula is C14H19Cl2NO2. The Morgan fingerprint density at radius 2 is 2.11 bits per heavy atom. The number of nitrogens with one attached hydrogen (secondary N) is 1. The van der Waals surface area contributed by atoms with Crippen molar-refractivity contribution >= 4 is 23.2 Å². The summed E-state index contributed by atoms with van der Waals surface area (Å²) in [6, 6.07) is 5.02. The van der Waals surface area contributed by atoms with Crippen LogP contribution in [0.2, 0.25) is 10.0 Å². The van der Waals surface area contributed by atoms with Crippen LogP contribution >= 0.6 is 23.2 Å². The van der Waals surface area contributed by atoms with Gasteiger partial charge in [-0.3, -0.25) is 0 Å². The van der Waals surface area contributed by atoms with Gasteiger partial charge in [0.1, 0.15) is 18.5 Å². The first-order chi connectivity index (χ1) is 8.99. The van der Waals surface area contributed by atoms with Crippen molar-refractivity contribution in [2.45, 2.75) is 20.0 Å². The zero-order valence-corrected chi connectivity index (χ0v) is 12.6. The number of halogens is 2. The van der Waals surface area contributed by atoms with Crippen molar-refractivity contribution in [2.75, 3.05) is 19.7 Å². The van der Waals surface area contributed by atoms with E-state index in [0.717, 1.165) is 6.54 Å². The lowest BCUT2D eigenvalue weighted by atomic mass is 10.3. The van der Waals surface area contributed by atoms with Crippen LogP contribution in [-0.4, -0.2) is 30.9 Å². The summed E-state index contributed by atoms with van der Waals surface area (Å²) in [5.74, 6) is 0.595. The van der Waals surface area contributed by atoms with Gasteiger partial charge in [0.2, 0.25) is 0 Å². The fraction of sp³-hybridized carbons (Fsp3) is 0.429. The van der Waals surface area contributed by atoms with Crippen molar-refractivity contribution in [3.8, 4) is 5.75 Å². The Morgan fingerprint density at radius 3 is 2.74 bits per heavy atom. The third kappa shape index (κ3) is 6.83. The monoisotopic (exact) mass is 303 g/mol. The average Bonchev–Trinajstić information content (AvgIpc) is 2.36. The molecule has 1 atom stereocenters. The molecule has 1 unspecified atom stereocenters. The molecule has 0 amide bonds. The molecule has 1 aromatic carbocycles. The van der Waals surface area contributed by atoms with E-state index in [4.69, 9.17) is 27.9 Å². The summed E-state index contributed by atoms with van der Waals surface area (Å²) < 4.78 is 5.43. The molecule has 1 aromatic rings. The van der Waals surface area contributed by atoms with Gasteiger partial charge < -0.3 is 15.2 Å². The highest BCUT2D eigenvalue weighted by Gasteiger charge is 2.05. The largest absolute Gasteiger partial charge is 0.491 e. The summed E-state index contributed by atoms with van der Waals surface area (Å²) in [5.41, 5.74) is 1.24. The first kappa shape index (κ1) is 16.3. The summed E-state index contributed by atoms with van der Waals surface area (Å²) >= 11 is 11.7. The number of allylic oxidation sites excluding steroid dienone is 1. The van der Waals surface area contributed by atoms with E-state index in [0.29, 0.717) is 22.3 Å². The van der Waals surface area contributed by atoms with E-state index in [-0.39, 0.29) is 6.61 Å². The van der Waals surface area contributed by atoms with Crippen LogP contribution in [0.4, 0.5) is 0 Å². The maximum Gasteiger partial charge on any atom is 0.121 e. The number of hydrogen-bond donors (Lipinski definition) is 2. The lowest BCUT2D eigenvalue weighted by Crippen LogP contribution is -2.31. The second-order valence-corrected chi connectivity index (χ2v) is 5.29. The van der Waals surface area contributed by atoms with Gasteiger partial charge in [0.25, 0.3) is 0 Å². The standard InChI is InChI=1S/C14H19Cl2NO2/c1-10(2)5-6-17-8-11(18)9-19-12-3-4-13(15)14(16)7-12/h3-5,7,11,17-18H,6,8-9H2,1-2H3. The molecule has 1 rings (SSSR count). The van der Waals surface area contributed by atoms with Gasteiger partial charge in [0.15, 0.2) is 0 Å². The average molecular weight is 304 g/mol. The molecule has 0 aromatic heterocycles. The molecule has 0 fully saturated rings. The Balaban J connectivity index is 2.27. The molecule has 3 nitrogen and oxygen atoms in total. The number of aliphatic hydroxyl groups excluding tert-OH is 1. The Hall–Kier alpha value is -0.740. The zero-order chi connectivity index (χ0) is 14.3. The topological polar surface area (TPSA) is 41.5 Å². The molecule has 19 heavy (non-hydrogen) atoms. The predicted octanol–water partition coefficient (Wildman–Crippen LogP) is 3.29. The highest BCUT2D eigenvalue weighted by Crippen LogP contribution is 2.26. The molecule has 0 aliphatic rings.